The van der Waals surface area contributed by atoms with Crippen LogP contribution in [0.15, 0.2) is 17.0 Å². The van der Waals surface area contributed by atoms with Crippen LogP contribution in [-0.4, -0.2) is 20.8 Å². The Labute approximate surface area is 127 Å². The van der Waals surface area contributed by atoms with Gasteiger partial charge in [-0.1, -0.05) is 13.3 Å². The molecule has 0 radical (unpaired) electrons. The van der Waals surface area contributed by atoms with Gasteiger partial charge in [-0.2, -0.15) is 0 Å². The van der Waals surface area contributed by atoms with Crippen molar-refractivity contribution >= 4 is 21.6 Å². The van der Waals surface area contributed by atoms with E-state index in [1.165, 1.54) is 0 Å². The Bertz CT molecular complexity index is 552. The molecular formula is C13H17ClF3NO2S. The summed E-state index contributed by atoms with van der Waals surface area (Å²) in [6.45, 7) is 1.97. The molecule has 0 saturated heterocycles. The van der Waals surface area contributed by atoms with Gasteiger partial charge in [0.15, 0.2) is 4.90 Å². The molecule has 0 aliphatic heterocycles. The lowest BCUT2D eigenvalue weighted by molar-refractivity contribution is 0.451. The van der Waals surface area contributed by atoms with Crippen molar-refractivity contribution in [2.45, 2.75) is 31.1 Å². The molecule has 1 rings (SSSR count). The number of nitrogens with one attached hydrogen (secondary N) is 1. The molecule has 3 nitrogen and oxygen atoms in total. The molecule has 21 heavy (non-hydrogen) atoms. The van der Waals surface area contributed by atoms with Crippen LogP contribution in [0.25, 0.3) is 0 Å². The maximum atomic E-state index is 13.5. The number of benzene rings is 1. The first-order valence-electron chi connectivity index (χ1n) is 6.52. The predicted molar refractivity (Wildman–Crippen MR) is 75.2 cm³/mol. The SMILES string of the molecule is CCCC(CCCl)CNS(=O)(=O)c1c(F)cc(F)cc1F. The molecule has 1 atom stereocenters. The van der Waals surface area contributed by atoms with Gasteiger partial charge in [0.05, 0.1) is 0 Å². The summed E-state index contributed by atoms with van der Waals surface area (Å²) in [5.74, 6) is -3.73. The van der Waals surface area contributed by atoms with Crippen LogP contribution in [0.3, 0.4) is 0 Å². The molecule has 1 unspecified atom stereocenters. The molecule has 0 aliphatic carbocycles. The van der Waals surface area contributed by atoms with Crippen molar-refractivity contribution < 1.29 is 21.6 Å². The summed E-state index contributed by atoms with van der Waals surface area (Å²) in [5.41, 5.74) is 0. The van der Waals surface area contributed by atoms with E-state index in [0.717, 1.165) is 12.8 Å². The highest BCUT2D eigenvalue weighted by molar-refractivity contribution is 7.89. The van der Waals surface area contributed by atoms with E-state index in [0.29, 0.717) is 24.4 Å². The molecule has 0 saturated carbocycles. The number of alkyl halides is 1. The Morgan fingerprint density at radius 2 is 1.76 bits per heavy atom. The Morgan fingerprint density at radius 3 is 2.24 bits per heavy atom. The van der Waals surface area contributed by atoms with E-state index in [4.69, 9.17) is 11.6 Å². The van der Waals surface area contributed by atoms with E-state index in [1.54, 1.807) is 0 Å². The summed E-state index contributed by atoms with van der Waals surface area (Å²) in [5, 5.41) is 0. The van der Waals surface area contributed by atoms with E-state index in [-0.39, 0.29) is 12.5 Å². The van der Waals surface area contributed by atoms with E-state index in [9.17, 15) is 21.6 Å². The number of halogens is 4. The van der Waals surface area contributed by atoms with Crippen LogP contribution in [0.4, 0.5) is 13.2 Å². The van der Waals surface area contributed by atoms with Crippen molar-refractivity contribution in [3.8, 4) is 0 Å². The van der Waals surface area contributed by atoms with Crippen LogP contribution < -0.4 is 4.72 Å². The lowest BCUT2D eigenvalue weighted by atomic mass is 10.0. The van der Waals surface area contributed by atoms with Gasteiger partial charge in [0, 0.05) is 24.6 Å². The van der Waals surface area contributed by atoms with Gasteiger partial charge in [-0.25, -0.2) is 26.3 Å². The lowest BCUT2D eigenvalue weighted by Crippen LogP contribution is -2.31. The van der Waals surface area contributed by atoms with Crippen LogP contribution >= 0.6 is 11.6 Å². The van der Waals surface area contributed by atoms with Crippen molar-refractivity contribution in [1.29, 1.82) is 0 Å². The highest BCUT2D eigenvalue weighted by Gasteiger charge is 2.25. The fourth-order valence-corrected chi connectivity index (χ4v) is 3.54. The maximum Gasteiger partial charge on any atom is 0.246 e. The minimum Gasteiger partial charge on any atom is -0.211 e. The molecule has 1 aromatic carbocycles. The van der Waals surface area contributed by atoms with Gasteiger partial charge < -0.3 is 0 Å². The van der Waals surface area contributed by atoms with Crippen LogP contribution in [0.5, 0.6) is 0 Å². The van der Waals surface area contributed by atoms with Crippen LogP contribution in [-0.2, 0) is 10.0 Å². The molecule has 0 bridgehead atoms. The highest BCUT2D eigenvalue weighted by Crippen LogP contribution is 2.20. The van der Waals surface area contributed by atoms with E-state index >= 15 is 0 Å². The zero-order chi connectivity index (χ0) is 16.0. The minimum atomic E-state index is -4.38. The van der Waals surface area contributed by atoms with Gasteiger partial charge in [0.2, 0.25) is 10.0 Å². The van der Waals surface area contributed by atoms with Gasteiger partial charge >= 0.3 is 0 Å². The minimum absolute atomic E-state index is 0.0196. The fourth-order valence-electron chi connectivity index (χ4n) is 2.00. The fraction of sp³-hybridized carbons (Fsp3) is 0.538. The van der Waals surface area contributed by atoms with Gasteiger partial charge in [0.25, 0.3) is 0 Å². The zero-order valence-corrected chi connectivity index (χ0v) is 13.1. The largest absolute Gasteiger partial charge is 0.246 e. The lowest BCUT2D eigenvalue weighted by Gasteiger charge is -2.16. The van der Waals surface area contributed by atoms with Gasteiger partial charge in [-0.05, 0) is 18.8 Å². The highest BCUT2D eigenvalue weighted by atomic mass is 35.5. The summed E-state index contributed by atoms with van der Waals surface area (Å²) in [7, 11) is -4.38. The Balaban J connectivity index is 2.92. The van der Waals surface area contributed by atoms with Crippen molar-refractivity contribution in [2.75, 3.05) is 12.4 Å². The number of sulfonamides is 1. The summed E-state index contributed by atoms with van der Waals surface area (Å²) in [6.07, 6.45) is 2.17. The average Bonchev–Trinajstić information content (AvgIpc) is 2.35. The van der Waals surface area contributed by atoms with Gasteiger partial charge in [-0.15, -0.1) is 11.6 Å². The van der Waals surface area contributed by atoms with Gasteiger partial charge in [-0.3, -0.25) is 0 Å². The van der Waals surface area contributed by atoms with Crippen LogP contribution in [0, 0.1) is 23.4 Å². The second-order valence-electron chi connectivity index (χ2n) is 4.68. The zero-order valence-electron chi connectivity index (χ0n) is 11.5. The third kappa shape index (κ3) is 5.16. The quantitative estimate of drug-likeness (QED) is 0.735. The topological polar surface area (TPSA) is 46.2 Å². The number of hydrogen-bond donors (Lipinski definition) is 1. The molecule has 1 N–H and O–H groups in total. The Kier molecular flexibility index (Phi) is 6.96. The maximum absolute atomic E-state index is 13.5. The molecule has 0 aromatic heterocycles. The first kappa shape index (κ1) is 18.3. The first-order valence-corrected chi connectivity index (χ1v) is 8.53. The van der Waals surface area contributed by atoms with E-state index < -0.39 is 32.4 Å². The molecule has 0 fully saturated rings. The van der Waals surface area contributed by atoms with Crippen molar-refractivity contribution in [3.63, 3.8) is 0 Å². The van der Waals surface area contributed by atoms with Crippen LogP contribution in [0.1, 0.15) is 26.2 Å². The molecule has 1 aromatic rings. The van der Waals surface area contributed by atoms with E-state index in [1.807, 2.05) is 6.92 Å². The molecule has 8 heteroatoms. The van der Waals surface area contributed by atoms with Crippen molar-refractivity contribution in [2.24, 2.45) is 5.92 Å². The molecule has 0 heterocycles. The monoisotopic (exact) mass is 343 g/mol. The van der Waals surface area contributed by atoms with Crippen molar-refractivity contribution in [3.05, 3.63) is 29.6 Å². The summed E-state index contributed by atoms with van der Waals surface area (Å²) in [6, 6.07) is 0.667. The first-order chi connectivity index (χ1) is 9.81. The Morgan fingerprint density at radius 1 is 1.19 bits per heavy atom. The summed E-state index contributed by atoms with van der Waals surface area (Å²) in [4.78, 5) is -1.16. The second-order valence-corrected chi connectivity index (χ2v) is 6.76. The van der Waals surface area contributed by atoms with Crippen LogP contribution in [0.2, 0.25) is 0 Å². The van der Waals surface area contributed by atoms with Gasteiger partial charge in [0.1, 0.15) is 17.5 Å². The molecule has 0 aliphatic rings. The number of hydrogen-bond acceptors (Lipinski definition) is 2. The predicted octanol–water partition coefficient (Wildman–Crippen LogP) is 3.43. The smallest absolute Gasteiger partial charge is 0.211 e. The summed E-state index contributed by atoms with van der Waals surface area (Å²) >= 11 is 5.63. The standard InChI is InChI=1S/C13H17ClF3NO2S/c1-2-3-9(4-5-14)8-18-21(19,20)13-11(16)6-10(15)7-12(13)17/h6-7,9,18H,2-5,8H2,1H3. The number of rotatable bonds is 8. The third-order valence-corrected chi connectivity index (χ3v) is 4.70. The van der Waals surface area contributed by atoms with E-state index in [2.05, 4.69) is 4.72 Å². The third-order valence-electron chi connectivity index (χ3n) is 3.01. The molecular weight excluding hydrogens is 327 g/mol. The average molecular weight is 344 g/mol. The Hall–Kier alpha value is -0.790. The van der Waals surface area contributed by atoms with Crippen molar-refractivity contribution in [1.82, 2.24) is 4.72 Å². The molecule has 0 spiro atoms. The normalized spacial score (nSPS) is 13.4. The second kappa shape index (κ2) is 8.00. The summed E-state index contributed by atoms with van der Waals surface area (Å²) < 4.78 is 65.9. The molecule has 0 amide bonds. The molecule has 120 valence electrons.